The number of nitrogens with one attached hydrogen (secondary N) is 2. The van der Waals surface area contributed by atoms with Gasteiger partial charge in [-0.1, -0.05) is 24.3 Å². The second-order valence-corrected chi connectivity index (χ2v) is 6.63. The van der Waals surface area contributed by atoms with Crippen molar-refractivity contribution in [1.29, 1.82) is 0 Å². The first-order valence-electron chi connectivity index (χ1n) is 9.49. The van der Waals surface area contributed by atoms with Gasteiger partial charge in [-0.3, -0.25) is 14.6 Å². The Balaban J connectivity index is 1.61. The van der Waals surface area contributed by atoms with Crippen molar-refractivity contribution in [2.75, 3.05) is 6.61 Å². The minimum absolute atomic E-state index is 0.0239. The number of rotatable bonds is 8. The van der Waals surface area contributed by atoms with E-state index in [0.717, 1.165) is 16.7 Å². The van der Waals surface area contributed by atoms with Gasteiger partial charge in [0.2, 0.25) is 5.91 Å². The molecule has 7 nitrogen and oxygen atoms in total. The molecule has 0 bridgehead atoms. The number of aromatic amines is 1. The maximum atomic E-state index is 12.5. The van der Waals surface area contributed by atoms with Crippen LogP contribution in [0.15, 0.2) is 53.6 Å². The summed E-state index contributed by atoms with van der Waals surface area (Å²) < 4.78 is 5.37. The zero-order chi connectivity index (χ0) is 20.6. The van der Waals surface area contributed by atoms with Crippen LogP contribution in [0.3, 0.4) is 0 Å². The summed E-state index contributed by atoms with van der Waals surface area (Å²) in [4.78, 5) is 36.0. The van der Waals surface area contributed by atoms with Gasteiger partial charge in [-0.2, -0.15) is 0 Å². The van der Waals surface area contributed by atoms with E-state index in [0.29, 0.717) is 36.8 Å². The molecule has 29 heavy (non-hydrogen) atoms. The molecule has 7 heteroatoms. The zero-order valence-electron chi connectivity index (χ0n) is 16.6. The number of ether oxygens (including phenoxy) is 1. The molecule has 0 saturated carbocycles. The molecule has 0 unspecified atom stereocenters. The first kappa shape index (κ1) is 20.4. The fourth-order valence-electron chi connectivity index (χ4n) is 2.86. The van der Waals surface area contributed by atoms with Crippen molar-refractivity contribution in [2.45, 2.75) is 33.4 Å². The van der Waals surface area contributed by atoms with Gasteiger partial charge in [0, 0.05) is 42.4 Å². The number of nitrogens with zero attached hydrogens (tertiary/aromatic N) is 2. The van der Waals surface area contributed by atoms with Gasteiger partial charge >= 0.3 is 0 Å². The van der Waals surface area contributed by atoms with E-state index in [9.17, 15) is 9.59 Å². The van der Waals surface area contributed by atoms with Crippen LogP contribution in [-0.2, 0) is 29.1 Å². The van der Waals surface area contributed by atoms with Gasteiger partial charge in [0.15, 0.2) is 0 Å². The molecule has 0 fully saturated rings. The van der Waals surface area contributed by atoms with E-state index < -0.39 is 0 Å². The van der Waals surface area contributed by atoms with Gasteiger partial charge < -0.3 is 15.0 Å². The smallest absolute Gasteiger partial charge is 0.255 e. The van der Waals surface area contributed by atoms with Crippen molar-refractivity contribution in [3.63, 3.8) is 0 Å². The summed E-state index contributed by atoms with van der Waals surface area (Å²) >= 11 is 0. The topological polar surface area (TPSA) is 97.0 Å². The van der Waals surface area contributed by atoms with Gasteiger partial charge in [0.25, 0.3) is 5.56 Å². The summed E-state index contributed by atoms with van der Waals surface area (Å²) in [5.74, 6) is 0.213. The van der Waals surface area contributed by atoms with E-state index in [2.05, 4.69) is 20.3 Å². The van der Waals surface area contributed by atoms with Crippen molar-refractivity contribution in [1.82, 2.24) is 20.3 Å². The molecular weight excluding hydrogens is 368 g/mol. The molecule has 2 N–H and O–H groups in total. The molecule has 3 aromatic rings. The third-order valence-corrected chi connectivity index (χ3v) is 4.48. The SMILES string of the molecule is CCOCc1ccc(CNC(=O)Cc2c(C)nc(-c3cccnc3)[nH]c2=O)cc1. The summed E-state index contributed by atoms with van der Waals surface area (Å²) in [7, 11) is 0. The number of H-pyrrole nitrogens is 1. The van der Waals surface area contributed by atoms with Crippen LogP contribution >= 0.6 is 0 Å². The van der Waals surface area contributed by atoms with E-state index in [-0.39, 0.29) is 17.9 Å². The number of amides is 1. The Kier molecular flexibility index (Phi) is 6.86. The average Bonchev–Trinajstić information content (AvgIpc) is 2.74. The first-order chi connectivity index (χ1) is 14.1. The minimum atomic E-state index is -0.313. The van der Waals surface area contributed by atoms with Crippen molar-refractivity contribution in [3.05, 3.63) is 81.5 Å². The number of pyridine rings is 1. The predicted octanol–water partition coefficient (Wildman–Crippen LogP) is 2.54. The van der Waals surface area contributed by atoms with Crippen LogP contribution in [0, 0.1) is 6.92 Å². The molecule has 3 rings (SSSR count). The number of aromatic nitrogens is 3. The van der Waals surface area contributed by atoms with Crippen LogP contribution < -0.4 is 10.9 Å². The molecular formula is C22H24N4O3. The fraction of sp³-hybridized carbons (Fsp3) is 0.273. The van der Waals surface area contributed by atoms with Crippen molar-refractivity contribution >= 4 is 5.91 Å². The van der Waals surface area contributed by atoms with Gasteiger partial charge in [0.1, 0.15) is 5.82 Å². The van der Waals surface area contributed by atoms with E-state index >= 15 is 0 Å². The molecule has 1 amide bonds. The molecule has 0 atom stereocenters. The highest BCUT2D eigenvalue weighted by molar-refractivity contribution is 5.78. The zero-order valence-corrected chi connectivity index (χ0v) is 16.6. The van der Waals surface area contributed by atoms with E-state index in [1.165, 1.54) is 0 Å². The molecule has 0 spiro atoms. The Labute approximate surface area is 169 Å². The lowest BCUT2D eigenvalue weighted by atomic mass is 10.1. The van der Waals surface area contributed by atoms with Crippen LogP contribution in [0.1, 0.15) is 29.3 Å². The Morgan fingerprint density at radius 1 is 1.17 bits per heavy atom. The third kappa shape index (κ3) is 5.58. The molecule has 0 radical (unpaired) electrons. The van der Waals surface area contributed by atoms with Crippen LogP contribution in [0.2, 0.25) is 0 Å². The lowest BCUT2D eigenvalue weighted by Gasteiger charge is -2.09. The van der Waals surface area contributed by atoms with Gasteiger partial charge in [-0.25, -0.2) is 4.98 Å². The van der Waals surface area contributed by atoms with E-state index in [1.54, 1.807) is 25.4 Å². The van der Waals surface area contributed by atoms with Crippen LogP contribution in [0.5, 0.6) is 0 Å². The largest absolute Gasteiger partial charge is 0.377 e. The van der Waals surface area contributed by atoms with Crippen LogP contribution in [0.4, 0.5) is 0 Å². The first-order valence-corrected chi connectivity index (χ1v) is 9.49. The molecule has 0 aliphatic carbocycles. The van der Waals surface area contributed by atoms with Crippen LogP contribution in [-0.4, -0.2) is 27.5 Å². The number of benzene rings is 1. The Hall–Kier alpha value is -3.32. The number of aryl methyl sites for hydroxylation is 1. The maximum absolute atomic E-state index is 12.5. The summed E-state index contributed by atoms with van der Waals surface area (Å²) in [6.07, 6.45) is 3.26. The fourth-order valence-corrected chi connectivity index (χ4v) is 2.86. The normalized spacial score (nSPS) is 10.7. The maximum Gasteiger partial charge on any atom is 0.255 e. The third-order valence-electron chi connectivity index (χ3n) is 4.48. The van der Waals surface area contributed by atoms with E-state index in [4.69, 9.17) is 4.74 Å². The second-order valence-electron chi connectivity index (χ2n) is 6.63. The number of hydrogen-bond acceptors (Lipinski definition) is 5. The summed E-state index contributed by atoms with van der Waals surface area (Å²) in [5, 5.41) is 2.85. The minimum Gasteiger partial charge on any atom is -0.377 e. The Bertz CT molecular complexity index is 1010. The molecule has 150 valence electrons. The predicted molar refractivity (Wildman–Crippen MR) is 110 cm³/mol. The second kappa shape index (κ2) is 9.75. The number of hydrogen-bond donors (Lipinski definition) is 2. The molecule has 2 aromatic heterocycles. The highest BCUT2D eigenvalue weighted by Gasteiger charge is 2.13. The lowest BCUT2D eigenvalue weighted by Crippen LogP contribution is -2.28. The monoisotopic (exact) mass is 392 g/mol. The van der Waals surface area contributed by atoms with Gasteiger partial charge in [0.05, 0.1) is 13.0 Å². The molecule has 0 aliphatic heterocycles. The Morgan fingerprint density at radius 3 is 2.59 bits per heavy atom. The highest BCUT2D eigenvalue weighted by atomic mass is 16.5. The van der Waals surface area contributed by atoms with Gasteiger partial charge in [-0.05, 0) is 37.1 Å². The van der Waals surface area contributed by atoms with Gasteiger partial charge in [-0.15, -0.1) is 0 Å². The lowest BCUT2D eigenvalue weighted by molar-refractivity contribution is -0.120. The number of carbonyl (C=O) groups excluding carboxylic acids is 1. The summed E-state index contributed by atoms with van der Waals surface area (Å²) in [5.41, 5.74) is 3.37. The quantitative estimate of drug-likeness (QED) is 0.614. The molecule has 0 saturated heterocycles. The average molecular weight is 392 g/mol. The van der Waals surface area contributed by atoms with Crippen LogP contribution in [0.25, 0.3) is 11.4 Å². The molecule has 0 aliphatic rings. The van der Waals surface area contributed by atoms with Crippen molar-refractivity contribution in [3.8, 4) is 11.4 Å². The standard InChI is InChI=1S/C22H24N4O3/c1-3-29-14-17-8-6-16(7-9-17)12-24-20(27)11-19-15(2)25-21(26-22(19)28)18-5-4-10-23-13-18/h4-10,13H,3,11-12,14H2,1-2H3,(H,24,27)(H,25,26,28). The Morgan fingerprint density at radius 2 is 1.93 bits per heavy atom. The van der Waals surface area contributed by atoms with Crippen molar-refractivity contribution in [2.24, 2.45) is 0 Å². The molecule has 1 aromatic carbocycles. The van der Waals surface area contributed by atoms with Crippen molar-refractivity contribution < 1.29 is 9.53 Å². The summed E-state index contributed by atoms with van der Waals surface area (Å²) in [6, 6.07) is 11.5. The summed E-state index contributed by atoms with van der Waals surface area (Å²) in [6.45, 7) is 5.33. The van der Waals surface area contributed by atoms with E-state index in [1.807, 2.05) is 37.3 Å². The molecule has 2 heterocycles. The highest BCUT2D eigenvalue weighted by Crippen LogP contribution is 2.13. The number of carbonyl (C=O) groups is 1.